The molecule has 1 aromatic heterocycles. The SMILES string of the molecule is CCC1CCc2c(sc(N(N)C(=O)C(=O)O)c2C(=O)O)C1. The minimum atomic E-state index is -1.72. The van der Waals surface area contributed by atoms with Crippen LogP contribution in [0.2, 0.25) is 0 Å². The van der Waals surface area contributed by atoms with E-state index in [-0.39, 0.29) is 10.6 Å². The smallest absolute Gasteiger partial charge is 0.396 e. The number of fused-ring (bicyclic) bond motifs is 1. The van der Waals surface area contributed by atoms with Crippen molar-refractivity contribution in [1.82, 2.24) is 0 Å². The second-order valence-electron chi connectivity index (χ2n) is 4.99. The number of hydrogen-bond acceptors (Lipinski definition) is 5. The molecule has 0 saturated heterocycles. The number of amides is 1. The third-order valence-electron chi connectivity index (χ3n) is 3.76. The van der Waals surface area contributed by atoms with Gasteiger partial charge in [0.2, 0.25) is 0 Å². The van der Waals surface area contributed by atoms with Crippen LogP contribution in [0.25, 0.3) is 0 Å². The van der Waals surface area contributed by atoms with Crippen LogP contribution in [0.5, 0.6) is 0 Å². The van der Waals surface area contributed by atoms with Gasteiger partial charge in [0.05, 0.1) is 5.56 Å². The van der Waals surface area contributed by atoms with Crippen LogP contribution >= 0.6 is 11.3 Å². The molecule has 0 spiro atoms. The number of carbonyl (C=O) groups excluding carboxylic acids is 1. The Morgan fingerprint density at radius 2 is 2.05 bits per heavy atom. The van der Waals surface area contributed by atoms with E-state index >= 15 is 0 Å². The van der Waals surface area contributed by atoms with E-state index in [4.69, 9.17) is 10.9 Å². The minimum Gasteiger partial charge on any atom is -0.478 e. The van der Waals surface area contributed by atoms with E-state index in [1.165, 1.54) is 0 Å². The Kier molecular flexibility index (Phi) is 4.29. The van der Waals surface area contributed by atoms with E-state index in [0.717, 1.165) is 35.5 Å². The average Bonchev–Trinajstić information content (AvgIpc) is 2.83. The Balaban J connectivity index is 2.47. The summed E-state index contributed by atoms with van der Waals surface area (Å²) in [7, 11) is 0. The molecule has 1 heterocycles. The summed E-state index contributed by atoms with van der Waals surface area (Å²) in [5, 5.41) is 18.5. The fourth-order valence-corrected chi connectivity index (χ4v) is 3.95. The molecular formula is C13H16N2O5S. The van der Waals surface area contributed by atoms with Gasteiger partial charge in [-0.05, 0) is 30.7 Å². The Morgan fingerprint density at radius 3 is 2.57 bits per heavy atom. The highest BCUT2D eigenvalue weighted by Gasteiger charge is 2.32. The van der Waals surface area contributed by atoms with Crippen LogP contribution in [-0.2, 0) is 22.4 Å². The Labute approximate surface area is 124 Å². The van der Waals surface area contributed by atoms with E-state index in [9.17, 15) is 19.5 Å². The van der Waals surface area contributed by atoms with Gasteiger partial charge in [0, 0.05) is 4.88 Å². The summed E-state index contributed by atoms with van der Waals surface area (Å²) in [4.78, 5) is 34.5. The second-order valence-corrected chi connectivity index (χ2v) is 6.07. The molecule has 0 bridgehead atoms. The first-order valence-electron chi connectivity index (χ1n) is 6.56. The number of thiophene rings is 1. The molecule has 0 saturated carbocycles. The lowest BCUT2D eigenvalue weighted by molar-refractivity contribution is -0.148. The molecule has 1 amide bonds. The molecule has 1 aromatic rings. The highest BCUT2D eigenvalue weighted by molar-refractivity contribution is 7.17. The van der Waals surface area contributed by atoms with E-state index in [1.807, 2.05) is 0 Å². The van der Waals surface area contributed by atoms with E-state index < -0.39 is 17.8 Å². The van der Waals surface area contributed by atoms with Gasteiger partial charge in [-0.15, -0.1) is 11.3 Å². The standard InChI is InChI=1S/C13H16N2O5S/c1-2-6-3-4-7-8(5-6)21-11(9(7)12(17)18)15(14)10(16)13(19)20/h6H,2-5,14H2,1H3,(H,17,18)(H,19,20). The number of aliphatic carboxylic acids is 1. The number of carboxylic acid groups (broad SMARTS) is 2. The van der Waals surface area contributed by atoms with Crippen LogP contribution in [0.15, 0.2) is 0 Å². The lowest BCUT2D eigenvalue weighted by Gasteiger charge is -2.20. The van der Waals surface area contributed by atoms with Gasteiger partial charge >= 0.3 is 17.8 Å². The van der Waals surface area contributed by atoms with Gasteiger partial charge in [-0.2, -0.15) is 0 Å². The van der Waals surface area contributed by atoms with E-state index in [2.05, 4.69) is 6.92 Å². The Hall–Kier alpha value is -1.93. The van der Waals surface area contributed by atoms with Crippen molar-refractivity contribution in [2.45, 2.75) is 32.6 Å². The molecule has 1 aliphatic carbocycles. The predicted molar refractivity (Wildman–Crippen MR) is 76.4 cm³/mol. The molecule has 0 aliphatic heterocycles. The quantitative estimate of drug-likeness (QED) is 0.334. The fraction of sp³-hybridized carbons (Fsp3) is 0.462. The number of hydrogen-bond donors (Lipinski definition) is 3. The van der Waals surface area contributed by atoms with Crippen molar-refractivity contribution < 1.29 is 24.6 Å². The zero-order valence-electron chi connectivity index (χ0n) is 11.5. The van der Waals surface area contributed by atoms with Gasteiger partial charge in [0.25, 0.3) is 0 Å². The molecular weight excluding hydrogens is 296 g/mol. The number of carboxylic acids is 2. The number of nitrogens with two attached hydrogens (primary N) is 1. The normalized spacial score (nSPS) is 17.1. The predicted octanol–water partition coefficient (Wildman–Crippen LogP) is 1.25. The largest absolute Gasteiger partial charge is 0.478 e. The summed E-state index contributed by atoms with van der Waals surface area (Å²) in [6.45, 7) is 2.07. The molecule has 0 fully saturated rings. The number of nitrogens with zero attached hydrogens (tertiary/aromatic N) is 1. The zero-order chi connectivity index (χ0) is 15.7. The molecule has 2 rings (SSSR count). The summed E-state index contributed by atoms with van der Waals surface area (Å²) in [5.41, 5.74) is 0.641. The molecule has 4 N–H and O–H groups in total. The molecule has 8 heteroatoms. The lowest BCUT2D eigenvalue weighted by atomic mass is 9.86. The Morgan fingerprint density at radius 1 is 1.38 bits per heavy atom. The van der Waals surface area contributed by atoms with Gasteiger partial charge < -0.3 is 10.2 Å². The van der Waals surface area contributed by atoms with Gasteiger partial charge in [0.15, 0.2) is 0 Å². The van der Waals surface area contributed by atoms with Crippen LogP contribution in [0, 0.1) is 5.92 Å². The van der Waals surface area contributed by atoms with Crippen LogP contribution < -0.4 is 10.9 Å². The molecule has 1 aliphatic rings. The fourth-order valence-electron chi connectivity index (χ4n) is 2.57. The van der Waals surface area contributed by atoms with Crippen LogP contribution in [0.1, 0.15) is 40.6 Å². The first-order chi connectivity index (χ1) is 9.86. The number of hydrazine groups is 1. The van der Waals surface area contributed by atoms with Gasteiger partial charge in [-0.3, -0.25) is 4.79 Å². The van der Waals surface area contributed by atoms with Gasteiger partial charge in [0.1, 0.15) is 5.00 Å². The summed E-state index contributed by atoms with van der Waals surface area (Å²) in [5.74, 6) is 1.74. The molecule has 0 aromatic carbocycles. The van der Waals surface area contributed by atoms with Crippen molar-refractivity contribution >= 4 is 34.2 Å². The molecule has 7 nitrogen and oxygen atoms in total. The van der Waals surface area contributed by atoms with Crippen molar-refractivity contribution in [2.75, 3.05) is 5.01 Å². The second kappa shape index (κ2) is 5.82. The number of carbonyl (C=O) groups is 3. The van der Waals surface area contributed by atoms with Crippen molar-refractivity contribution in [3.8, 4) is 0 Å². The van der Waals surface area contributed by atoms with Crippen molar-refractivity contribution in [2.24, 2.45) is 11.8 Å². The summed E-state index contributed by atoms with van der Waals surface area (Å²) in [6.07, 6.45) is 3.24. The highest BCUT2D eigenvalue weighted by Crippen LogP contribution is 2.41. The molecule has 114 valence electrons. The van der Waals surface area contributed by atoms with Gasteiger partial charge in [-0.25, -0.2) is 20.4 Å². The first kappa shape index (κ1) is 15.5. The summed E-state index contributed by atoms with van der Waals surface area (Å²) < 4.78 is 0. The third-order valence-corrected chi connectivity index (χ3v) is 5.01. The maximum Gasteiger partial charge on any atom is 0.396 e. The zero-order valence-corrected chi connectivity index (χ0v) is 12.3. The maximum absolute atomic E-state index is 11.5. The summed E-state index contributed by atoms with van der Waals surface area (Å²) in [6, 6.07) is 0. The number of aromatic carboxylic acids is 1. The van der Waals surface area contributed by atoms with Crippen molar-refractivity contribution in [1.29, 1.82) is 0 Å². The van der Waals surface area contributed by atoms with Crippen molar-refractivity contribution in [3.05, 3.63) is 16.0 Å². The molecule has 1 unspecified atom stereocenters. The average molecular weight is 312 g/mol. The first-order valence-corrected chi connectivity index (χ1v) is 7.38. The lowest BCUT2D eigenvalue weighted by Crippen LogP contribution is -2.42. The highest BCUT2D eigenvalue weighted by atomic mass is 32.1. The molecule has 21 heavy (non-hydrogen) atoms. The third kappa shape index (κ3) is 2.77. The number of anilines is 1. The van der Waals surface area contributed by atoms with Crippen LogP contribution in [-0.4, -0.2) is 28.1 Å². The molecule has 1 atom stereocenters. The van der Waals surface area contributed by atoms with E-state index in [0.29, 0.717) is 22.9 Å². The Bertz CT molecular complexity index is 610. The molecule has 0 radical (unpaired) electrons. The van der Waals surface area contributed by atoms with Gasteiger partial charge in [-0.1, -0.05) is 13.3 Å². The summed E-state index contributed by atoms with van der Waals surface area (Å²) >= 11 is 1.10. The monoisotopic (exact) mass is 312 g/mol. The maximum atomic E-state index is 11.5. The van der Waals surface area contributed by atoms with Crippen LogP contribution in [0.3, 0.4) is 0 Å². The van der Waals surface area contributed by atoms with E-state index in [1.54, 1.807) is 0 Å². The topological polar surface area (TPSA) is 121 Å². The van der Waals surface area contributed by atoms with Crippen molar-refractivity contribution in [3.63, 3.8) is 0 Å². The van der Waals surface area contributed by atoms with Crippen LogP contribution in [0.4, 0.5) is 5.00 Å². The number of rotatable bonds is 3. The minimum absolute atomic E-state index is 0.00310.